The molecule has 0 unspecified atom stereocenters. The molecule has 3 heterocycles. The van der Waals surface area contributed by atoms with Crippen LogP contribution in [0, 0.1) is 17.7 Å². The molecule has 1 fully saturated rings. The van der Waals surface area contributed by atoms with Crippen molar-refractivity contribution in [3.8, 4) is 0 Å². The molecule has 0 saturated carbocycles. The summed E-state index contributed by atoms with van der Waals surface area (Å²) in [5.74, 6) is -0.916. The van der Waals surface area contributed by atoms with Crippen LogP contribution in [0.5, 0.6) is 0 Å². The predicted molar refractivity (Wildman–Crippen MR) is 121 cm³/mol. The van der Waals surface area contributed by atoms with Crippen molar-refractivity contribution >= 4 is 12.0 Å². The second kappa shape index (κ2) is 9.38. The zero-order valence-electron chi connectivity index (χ0n) is 18.5. The van der Waals surface area contributed by atoms with E-state index >= 15 is 0 Å². The van der Waals surface area contributed by atoms with E-state index in [1.165, 1.54) is 6.07 Å². The molecule has 7 heteroatoms. The molecule has 2 N–H and O–H groups in total. The largest absolute Gasteiger partial charge is 0.396 e. The Balaban J connectivity index is 1.64. The molecule has 1 aromatic heterocycles. The lowest BCUT2D eigenvalue weighted by Gasteiger charge is -2.30. The number of aromatic nitrogens is 1. The first-order valence-electron chi connectivity index (χ1n) is 11.3. The zero-order valence-corrected chi connectivity index (χ0v) is 18.5. The van der Waals surface area contributed by atoms with Crippen molar-refractivity contribution in [3.63, 3.8) is 0 Å². The smallest absolute Gasteiger partial charge is 0.258 e. The summed E-state index contributed by atoms with van der Waals surface area (Å²) in [6, 6.07) is 9.55. The number of benzene rings is 1. The van der Waals surface area contributed by atoms with E-state index in [4.69, 9.17) is 0 Å². The number of carbonyl (C=O) groups excluding carboxylic acids is 1. The van der Waals surface area contributed by atoms with Gasteiger partial charge < -0.3 is 15.0 Å². The fourth-order valence-corrected chi connectivity index (χ4v) is 5.38. The fourth-order valence-electron chi connectivity index (χ4n) is 5.38. The number of aliphatic hydroxyl groups excluding tert-OH is 1. The second-order valence-electron chi connectivity index (χ2n) is 8.58. The second-order valence-corrected chi connectivity index (χ2v) is 8.58. The summed E-state index contributed by atoms with van der Waals surface area (Å²) in [5, 5.41) is 13.1. The first kappa shape index (κ1) is 22.4. The Hall–Kier alpha value is -2.77. The third kappa shape index (κ3) is 3.80. The first-order valence-corrected chi connectivity index (χ1v) is 11.3. The Bertz CT molecular complexity index is 1080. The van der Waals surface area contributed by atoms with Gasteiger partial charge in [0.15, 0.2) is 0 Å². The molecule has 2 aromatic rings. The lowest BCUT2D eigenvalue weighted by Crippen LogP contribution is -2.48. The fraction of sp³-hybridized carbons (Fsp3) is 0.440. The van der Waals surface area contributed by atoms with Crippen LogP contribution in [0.15, 0.2) is 47.3 Å². The van der Waals surface area contributed by atoms with Gasteiger partial charge in [-0.15, -0.1) is 0 Å². The minimum Gasteiger partial charge on any atom is -0.396 e. The van der Waals surface area contributed by atoms with Gasteiger partial charge >= 0.3 is 0 Å². The number of fused-ring (bicyclic) bond motifs is 3. The van der Waals surface area contributed by atoms with Gasteiger partial charge in [-0.1, -0.05) is 37.3 Å². The molecule has 6 nitrogen and oxygen atoms in total. The van der Waals surface area contributed by atoms with Crippen LogP contribution in [-0.4, -0.2) is 39.7 Å². The van der Waals surface area contributed by atoms with Gasteiger partial charge in [-0.2, -0.15) is 0 Å². The van der Waals surface area contributed by atoms with Crippen molar-refractivity contribution < 1.29 is 14.3 Å². The highest BCUT2D eigenvalue weighted by Gasteiger charge is 2.55. The number of pyridine rings is 1. The van der Waals surface area contributed by atoms with Crippen LogP contribution in [0.2, 0.25) is 0 Å². The number of nitrogens with zero attached hydrogens (tertiary/aromatic N) is 2. The van der Waals surface area contributed by atoms with Crippen molar-refractivity contribution in [2.75, 3.05) is 13.2 Å². The molecule has 2 aliphatic rings. The highest BCUT2D eigenvalue weighted by atomic mass is 19.1. The Kier molecular flexibility index (Phi) is 6.58. The van der Waals surface area contributed by atoms with E-state index in [-0.39, 0.29) is 48.3 Å². The highest BCUT2D eigenvalue weighted by Crippen LogP contribution is 2.49. The number of amides is 1. The van der Waals surface area contributed by atoms with Crippen molar-refractivity contribution in [1.29, 1.82) is 0 Å². The first-order chi connectivity index (χ1) is 15.5. The molecular formula is C25H30FN3O3. The predicted octanol–water partition coefficient (Wildman–Crippen LogP) is 2.71. The Morgan fingerprint density at radius 2 is 2.06 bits per heavy atom. The van der Waals surface area contributed by atoms with Crippen LogP contribution in [0.3, 0.4) is 0 Å². The lowest BCUT2D eigenvalue weighted by atomic mass is 9.88. The highest BCUT2D eigenvalue weighted by molar-refractivity contribution is 5.82. The maximum Gasteiger partial charge on any atom is 0.258 e. The average molecular weight is 440 g/mol. The average Bonchev–Trinajstić information content (AvgIpc) is 3.31. The molecule has 0 bridgehead atoms. The van der Waals surface area contributed by atoms with Gasteiger partial charge in [-0.3, -0.25) is 14.5 Å². The van der Waals surface area contributed by atoms with Crippen molar-refractivity contribution in [1.82, 2.24) is 14.8 Å². The van der Waals surface area contributed by atoms with E-state index in [0.717, 1.165) is 12.1 Å². The Morgan fingerprint density at radius 3 is 2.75 bits per heavy atom. The van der Waals surface area contributed by atoms with E-state index in [1.54, 1.807) is 28.8 Å². The van der Waals surface area contributed by atoms with Crippen LogP contribution in [0.4, 0.5) is 4.39 Å². The maximum atomic E-state index is 14.0. The number of allylic oxidation sites excluding steroid dienone is 1. The van der Waals surface area contributed by atoms with Crippen molar-refractivity contribution in [3.05, 3.63) is 75.5 Å². The summed E-state index contributed by atoms with van der Waals surface area (Å²) in [6.07, 6.45) is 4.48. The zero-order chi connectivity index (χ0) is 22.8. The van der Waals surface area contributed by atoms with Crippen molar-refractivity contribution in [2.45, 2.75) is 45.4 Å². The molecule has 1 amide bonds. The van der Waals surface area contributed by atoms with E-state index in [1.807, 2.05) is 32.1 Å². The topological polar surface area (TPSA) is 74.6 Å². The standard InChI is InChI=1S/C25H30FN3O3/c1-3-7-16-10-11-21-22-18(14-29(21)25(16)32)19(15-30)23(28(22)12-4-2)24(31)27-13-17-8-5-6-9-20(17)26/h3,5-11,18-19,22-23,30H,4,12-15H2,1-2H3,(H,27,31)/b7-3+/t18-,19-,22+,23-/m1/s1. The van der Waals surface area contributed by atoms with E-state index < -0.39 is 6.04 Å². The number of nitrogens with one attached hydrogen (secondary N) is 1. The number of aliphatic hydroxyl groups is 1. The van der Waals surface area contributed by atoms with Crippen LogP contribution in [0.25, 0.3) is 6.08 Å². The van der Waals surface area contributed by atoms with Crippen LogP contribution in [-0.2, 0) is 17.9 Å². The molecule has 0 radical (unpaired) electrons. The van der Waals surface area contributed by atoms with Crippen LogP contribution in [0.1, 0.15) is 43.1 Å². The molecule has 4 atom stereocenters. The normalized spacial score (nSPS) is 24.6. The van der Waals surface area contributed by atoms with E-state index in [9.17, 15) is 19.1 Å². The molecule has 32 heavy (non-hydrogen) atoms. The van der Waals surface area contributed by atoms with Crippen molar-refractivity contribution in [2.24, 2.45) is 11.8 Å². The molecule has 170 valence electrons. The van der Waals surface area contributed by atoms with Gasteiger partial charge in [0, 0.05) is 48.4 Å². The molecule has 0 aliphatic carbocycles. The summed E-state index contributed by atoms with van der Waals surface area (Å²) < 4.78 is 15.8. The molecule has 4 rings (SSSR count). The van der Waals surface area contributed by atoms with E-state index in [0.29, 0.717) is 24.2 Å². The minimum absolute atomic E-state index is 0.0377. The monoisotopic (exact) mass is 439 g/mol. The number of halogens is 1. The summed E-state index contributed by atoms with van der Waals surface area (Å²) in [7, 11) is 0. The van der Waals surface area contributed by atoms with Crippen LogP contribution >= 0.6 is 0 Å². The molecule has 2 aliphatic heterocycles. The molecule has 1 saturated heterocycles. The number of hydrogen-bond acceptors (Lipinski definition) is 4. The SMILES string of the molecule is C/C=C/c1ccc2n(c1=O)C[C@@H]1[C@@H](CO)[C@H](C(=O)NCc3ccccc3F)N(CCC)[C@H]21. The molecular weight excluding hydrogens is 409 g/mol. The van der Waals surface area contributed by atoms with Gasteiger partial charge in [0.2, 0.25) is 5.91 Å². The molecule has 0 spiro atoms. The van der Waals surface area contributed by atoms with Gasteiger partial charge in [-0.25, -0.2) is 4.39 Å². The summed E-state index contributed by atoms with van der Waals surface area (Å²) in [4.78, 5) is 28.4. The summed E-state index contributed by atoms with van der Waals surface area (Å²) in [6.45, 7) is 5.02. The third-order valence-electron chi connectivity index (χ3n) is 6.73. The van der Waals surface area contributed by atoms with Gasteiger partial charge in [0.05, 0.1) is 12.1 Å². The minimum atomic E-state index is -0.527. The lowest BCUT2D eigenvalue weighted by molar-refractivity contribution is -0.127. The number of hydrogen-bond donors (Lipinski definition) is 2. The summed E-state index contributed by atoms with van der Waals surface area (Å²) in [5.41, 5.74) is 1.92. The molecule has 1 aromatic carbocycles. The Labute approximate surface area is 187 Å². The number of rotatable bonds is 7. The number of carbonyl (C=O) groups is 1. The Morgan fingerprint density at radius 1 is 1.28 bits per heavy atom. The quantitative estimate of drug-likeness (QED) is 0.696. The summed E-state index contributed by atoms with van der Waals surface area (Å²) >= 11 is 0. The van der Waals surface area contributed by atoms with Crippen LogP contribution < -0.4 is 10.9 Å². The maximum absolute atomic E-state index is 14.0. The van der Waals surface area contributed by atoms with E-state index in [2.05, 4.69) is 10.2 Å². The van der Waals surface area contributed by atoms with Gasteiger partial charge in [0.1, 0.15) is 5.82 Å². The number of likely N-dealkylation sites (tertiary alicyclic amines) is 1. The van der Waals surface area contributed by atoms with Gasteiger partial charge in [-0.05, 0) is 38.1 Å². The van der Waals surface area contributed by atoms with Gasteiger partial charge in [0.25, 0.3) is 5.56 Å². The third-order valence-corrected chi connectivity index (χ3v) is 6.73.